The average molecular weight is 539 g/mol. The molecule has 0 aromatic heterocycles. The number of amides is 2. The van der Waals surface area contributed by atoms with Crippen LogP contribution in [0.5, 0.6) is 0 Å². The lowest BCUT2D eigenvalue weighted by molar-refractivity contribution is -0.149. The lowest BCUT2D eigenvalue weighted by Gasteiger charge is -2.26. The molecule has 2 amide bonds. The normalized spacial score (nSPS) is 17.9. The molecule has 1 N–H and O–H groups in total. The summed E-state index contributed by atoms with van der Waals surface area (Å²) >= 11 is 0. The summed E-state index contributed by atoms with van der Waals surface area (Å²) in [7, 11) is 0. The molecule has 39 heavy (non-hydrogen) atoms. The van der Waals surface area contributed by atoms with Gasteiger partial charge in [-0.25, -0.2) is 18.0 Å². The molecule has 1 aliphatic heterocycles. The van der Waals surface area contributed by atoms with Crippen molar-refractivity contribution >= 4 is 28.6 Å². The van der Waals surface area contributed by atoms with Gasteiger partial charge in [-0.2, -0.15) is 0 Å². The van der Waals surface area contributed by atoms with Gasteiger partial charge in [-0.1, -0.05) is 55.3 Å². The summed E-state index contributed by atoms with van der Waals surface area (Å²) in [6.07, 6.45) is 2.76. The summed E-state index contributed by atoms with van der Waals surface area (Å²) in [5.74, 6) is -4.49. The van der Waals surface area contributed by atoms with Gasteiger partial charge in [-0.3, -0.25) is 9.59 Å². The van der Waals surface area contributed by atoms with Crippen LogP contribution in [0.3, 0.4) is 0 Å². The Bertz CT molecular complexity index is 1400. The Labute approximate surface area is 224 Å². The Balaban J connectivity index is 1.22. The number of nitrogens with zero attached hydrogens (tertiary/aromatic N) is 1. The van der Waals surface area contributed by atoms with Crippen molar-refractivity contribution in [2.75, 3.05) is 0 Å². The number of esters is 1. The van der Waals surface area contributed by atoms with E-state index in [2.05, 4.69) is 5.32 Å². The third-order valence-electron chi connectivity index (χ3n) is 7.42. The molecule has 204 valence electrons. The maximum Gasteiger partial charge on any atom is 0.328 e. The highest BCUT2D eigenvalue weighted by Gasteiger charge is 2.36. The van der Waals surface area contributed by atoms with Gasteiger partial charge in [0.1, 0.15) is 18.5 Å². The van der Waals surface area contributed by atoms with Crippen LogP contribution in [0, 0.1) is 23.4 Å². The second-order valence-electron chi connectivity index (χ2n) is 10.3. The zero-order valence-electron chi connectivity index (χ0n) is 21.3. The van der Waals surface area contributed by atoms with Crippen LogP contribution in [0.15, 0.2) is 54.6 Å². The highest BCUT2D eigenvalue weighted by atomic mass is 19.2. The largest absolute Gasteiger partial charge is 0.459 e. The zero-order chi connectivity index (χ0) is 27.5. The van der Waals surface area contributed by atoms with Gasteiger partial charge in [-0.05, 0) is 41.2 Å². The standard InChI is InChI=1S/C30H29F3N2O4/c31-22-13-21(29(33)25(32)14-22)16-35-23(10-11-28(35)37)15-27(36)34-26(12-18-8-9-18)30(38)39-17-20-6-3-5-19-4-1-2-7-24(19)20/h1-7,13-14,18,23,26H,8-12,15-17H2,(H,34,36)/t23-,26-/m0/s1. The Morgan fingerprint density at radius 1 is 1.00 bits per heavy atom. The molecule has 0 unspecified atom stereocenters. The lowest BCUT2D eigenvalue weighted by atomic mass is 10.1. The van der Waals surface area contributed by atoms with E-state index in [0.29, 0.717) is 24.8 Å². The lowest BCUT2D eigenvalue weighted by Crippen LogP contribution is -2.44. The monoisotopic (exact) mass is 538 g/mol. The first-order chi connectivity index (χ1) is 18.8. The van der Waals surface area contributed by atoms with Gasteiger partial charge >= 0.3 is 5.97 Å². The molecule has 5 rings (SSSR count). The van der Waals surface area contributed by atoms with Gasteiger partial charge in [0, 0.05) is 37.1 Å². The van der Waals surface area contributed by atoms with Gasteiger partial charge in [0.15, 0.2) is 11.6 Å². The average Bonchev–Trinajstić information content (AvgIpc) is 3.68. The van der Waals surface area contributed by atoms with Crippen molar-refractivity contribution in [3.05, 3.63) is 83.2 Å². The van der Waals surface area contributed by atoms with E-state index in [1.165, 1.54) is 4.90 Å². The Kier molecular flexibility index (Phi) is 7.86. The number of halogens is 3. The molecular weight excluding hydrogens is 509 g/mol. The van der Waals surface area contributed by atoms with Crippen LogP contribution in [-0.2, 0) is 32.3 Å². The number of carbonyl (C=O) groups excluding carboxylic acids is 3. The molecule has 2 aliphatic rings. The third kappa shape index (κ3) is 6.41. The molecule has 2 atom stereocenters. The summed E-state index contributed by atoms with van der Waals surface area (Å²) < 4.78 is 47.1. The molecule has 3 aromatic rings. The minimum absolute atomic E-state index is 0.0673. The van der Waals surface area contributed by atoms with Crippen molar-refractivity contribution in [3.63, 3.8) is 0 Å². The van der Waals surface area contributed by atoms with Crippen molar-refractivity contribution in [2.45, 2.75) is 63.8 Å². The second-order valence-corrected chi connectivity index (χ2v) is 10.3. The van der Waals surface area contributed by atoms with Crippen molar-refractivity contribution in [2.24, 2.45) is 5.92 Å². The Morgan fingerprint density at radius 3 is 2.56 bits per heavy atom. The van der Waals surface area contributed by atoms with Gasteiger partial charge < -0.3 is 15.0 Å². The molecule has 2 fully saturated rings. The molecule has 0 radical (unpaired) electrons. The summed E-state index contributed by atoms with van der Waals surface area (Å²) in [6, 6.07) is 13.4. The van der Waals surface area contributed by atoms with Crippen LogP contribution in [-0.4, -0.2) is 34.8 Å². The number of carbonyl (C=O) groups is 3. The Hall–Kier alpha value is -3.88. The van der Waals surface area contributed by atoms with Crippen LogP contribution in [0.25, 0.3) is 10.8 Å². The van der Waals surface area contributed by atoms with E-state index in [0.717, 1.165) is 35.2 Å². The van der Waals surface area contributed by atoms with Gasteiger partial charge in [-0.15, -0.1) is 0 Å². The van der Waals surface area contributed by atoms with E-state index in [4.69, 9.17) is 4.74 Å². The van der Waals surface area contributed by atoms with Crippen molar-refractivity contribution in [3.8, 4) is 0 Å². The van der Waals surface area contributed by atoms with Crippen LogP contribution in [0.2, 0.25) is 0 Å². The smallest absolute Gasteiger partial charge is 0.328 e. The second kappa shape index (κ2) is 11.5. The number of benzene rings is 3. The van der Waals surface area contributed by atoms with Crippen molar-refractivity contribution < 1.29 is 32.3 Å². The molecule has 1 saturated heterocycles. The van der Waals surface area contributed by atoms with Gasteiger partial charge in [0.2, 0.25) is 11.8 Å². The molecule has 3 aromatic carbocycles. The predicted octanol–water partition coefficient (Wildman–Crippen LogP) is 5.17. The summed E-state index contributed by atoms with van der Waals surface area (Å²) in [5, 5.41) is 4.79. The number of hydrogen-bond donors (Lipinski definition) is 1. The number of fused-ring (bicyclic) bond motifs is 1. The number of likely N-dealkylation sites (tertiary alicyclic amines) is 1. The third-order valence-corrected chi connectivity index (χ3v) is 7.42. The molecule has 0 bridgehead atoms. The van der Waals surface area contributed by atoms with Crippen LogP contribution >= 0.6 is 0 Å². The summed E-state index contributed by atoms with van der Waals surface area (Å²) in [5.41, 5.74) is 0.566. The highest BCUT2D eigenvalue weighted by Crippen LogP contribution is 2.34. The van der Waals surface area contributed by atoms with E-state index >= 15 is 0 Å². The fourth-order valence-electron chi connectivity index (χ4n) is 5.17. The van der Waals surface area contributed by atoms with E-state index < -0.39 is 41.4 Å². The van der Waals surface area contributed by atoms with Crippen LogP contribution < -0.4 is 5.32 Å². The van der Waals surface area contributed by atoms with Crippen molar-refractivity contribution in [1.82, 2.24) is 10.2 Å². The number of ether oxygens (including phenoxy) is 1. The molecule has 1 saturated carbocycles. The fourth-order valence-corrected chi connectivity index (χ4v) is 5.17. The van der Waals surface area contributed by atoms with Crippen LogP contribution in [0.1, 0.15) is 49.7 Å². The molecule has 1 heterocycles. The molecule has 6 nitrogen and oxygen atoms in total. The highest BCUT2D eigenvalue weighted by molar-refractivity contribution is 5.87. The van der Waals surface area contributed by atoms with Crippen molar-refractivity contribution in [1.29, 1.82) is 0 Å². The van der Waals surface area contributed by atoms with E-state index in [-0.39, 0.29) is 37.5 Å². The SMILES string of the molecule is O=C(C[C@@H]1CCC(=O)N1Cc1cc(F)cc(F)c1F)N[C@@H](CC1CC1)C(=O)OCc1cccc2ccccc12. The predicted molar refractivity (Wildman–Crippen MR) is 138 cm³/mol. The number of rotatable bonds is 10. The summed E-state index contributed by atoms with van der Waals surface area (Å²) in [4.78, 5) is 39.8. The Morgan fingerprint density at radius 2 is 1.77 bits per heavy atom. The number of nitrogens with one attached hydrogen (secondary N) is 1. The first-order valence-corrected chi connectivity index (χ1v) is 13.1. The van der Waals surface area contributed by atoms with Crippen LogP contribution in [0.4, 0.5) is 13.2 Å². The quantitative estimate of drug-likeness (QED) is 0.286. The van der Waals surface area contributed by atoms with Gasteiger partial charge in [0.05, 0.1) is 0 Å². The first-order valence-electron chi connectivity index (χ1n) is 13.1. The minimum Gasteiger partial charge on any atom is -0.459 e. The maximum atomic E-state index is 14.2. The fraction of sp³-hybridized carbons (Fsp3) is 0.367. The molecule has 1 aliphatic carbocycles. The van der Waals surface area contributed by atoms with E-state index in [9.17, 15) is 27.6 Å². The topological polar surface area (TPSA) is 75.7 Å². The van der Waals surface area contributed by atoms with Gasteiger partial charge in [0.25, 0.3) is 0 Å². The molecule has 9 heteroatoms. The zero-order valence-corrected chi connectivity index (χ0v) is 21.3. The number of hydrogen-bond acceptors (Lipinski definition) is 4. The first kappa shape index (κ1) is 26.7. The van der Waals surface area contributed by atoms with E-state index in [1.807, 2.05) is 42.5 Å². The molecule has 0 spiro atoms. The molecular formula is C30H29F3N2O4. The minimum atomic E-state index is -1.34. The maximum absolute atomic E-state index is 14.2. The van der Waals surface area contributed by atoms with E-state index in [1.54, 1.807) is 0 Å². The summed E-state index contributed by atoms with van der Waals surface area (Å²) in [6.45, 7) is -0.284.